The van der Waals surface area contributed by atoms with Crippen molar-refractivity contribution in [3.8, 4) is 0 Å². The summed E-state index contributed by atoms with van der Waals surface area (Å²) in [5.74, 6) is 2.80. The topological polar surface area (TPSA) is 52.4 Å². The first-order valence-corrected chi connectivity index (χ1v) is 9.53. The number of piperidine rings is 1. The van der Waals surface area contributed by atoms with Crippen LogP contribution in [0.25, 0.3) is 0 Å². The zero-order valence-corrected chi connectivity index (χ0v) is 15.0. The highest BCUT2D eigenvalue weighted by atomic mass is 16.5. The van der Waals surface area contributed by atoms with E-state index < -0.39 is 0 Å². The van der Waals surface area contributed by atoms with E-state index in [0.717, 1.165) is 51.5 Å². The van der Waals surface area contributed by atoms with Gasteiger partial charge in [-0.3, -0.25) is 4.57 Å². The standard InChI is InChI=1S/C18H30N4O2/c1-18(23-2)9-5-10-21(13-18)17-20-19-16(14-7-8-14)22(17)12-15-6-3-4-11-24-15/h14-15H,3-13H2,1-2H3. The molecule has 0 N–H and O–H groups in total. The van der Waals surface area contributed by atoms with Crippen LogP contribution < -0.4 is 4.90 Å². The number of ether oxygens (including phenoxy) is 2. The molecule has 1 aromatic heterocycles. The fraction of sp³-hybridized carbons (Fsp3) is 0.889. The summed E-state index contributed by atoms with van der Waals surface area (Å²) in [5, 5.41) is 9.16. The Bertz CT molecular complexity index is 565. The molecule has 2 unspecified atom stereocenters. The minimum atomic E-state index is -0.0872. The fourth-order valence-corrected chi connectivity index (χ4v) is 4.06. The van der Waals surface area contributed by atoms with E-state index in [1.54, 1.807) is 0 Å². The first kappa shape index (κ1) is 16.3. The second-order valence-electron chi connectivity index (χ2n) is 7.91. The smallest absolute Gasteiger partial charge is 0.227 e. The molecule has 3 heterocycles. The predicted molar refractivity (Wildman–Crippen MR) is 92.4 cm³/mol. The summed E-state index contributed by atoms with van der Waals surface area (Å²) in [4.78, 5) is 2.37. The maximum absolute atomic E-state index is 5.99. The van der Waals surface area contributed by atoms with Crippen LogP contribution in [0.3, 0.4) is 0 Å². The molecule has 4 rings (SSSR count). The number of rotatable bonds is 5. The molecule has 0 bridgehead atoms. The van der Waals surface area contributed by atoms with Crippen molar-refractivity contribution in [3.05, 3.63) is 5.82 Å². The molecule has 2 saturated heterocycles. The first-order valence-electron chi connectivity index (χ1n) is 9.53. The third-order valence-electron chi connectivity index (χ3n) is 5.80. The van der Waals surface area contributed by atoms with Crippen molar-refractivity contribution in [1.29, 1.82) is 0 Å². The summed E-state index contributed by atoms with van der Waals surface area (Å²) in [6, 6.07) is 0. The summed E-state index contributed by atoms with van der Waals surface area (Å²) >= 11 is 0. The Morgan fingerprint density at radius 2 is 2.08 bits per heavy atom. The maximum Gasteiger partial charge on any atom is 0.227 e. The Morgan fingerprint density at radius 3 is 2.79 bits per heavy atom. The predicted octanol–water partition coefficient (Wildman–Crippen LogP) is 2.73. The lowest BCUT2D eigenvalue weighted by molar-refractivity contribution is -0.00597. The SMILES string of the molecule is COC1(C)CCCN(c2nnc(C3CC3)n2CC2CCCCO2)C1. The molecule has 2 atom stereocenters. The lowest BCUT2D eigenvalue weighted by Gasteiger charge is -2.40. The third-order valence-corrected chi connectivity index (χ3v) is 5.80. The summed E-state index contributed by atoms with van der Waals surface area (Å²) in [6.45, 7) is 5.91. The van der Waals surface area contributed by atoms with Crippen LogP contribution in [0.1, 0.15) is 63.6 Å². The lowest BCUT2D eigenvalue weighted by atomic mass is 9.95. The second kappa shape index (κ2) is 6.64. The van der Waals surface area contributed by atoms with Gasteiger partial charge in [-0.1, -0.05) is 0 Å². The molecule has 0 aromatic carbocycles. The summed E-state index contributed by atoms with van der Waals surface area (Å²) in [5.41, 5.74) is -0.0872. The van der Waals surface area contributed by atoms with Gasteiger partial charge in [0, 0.05) is 32.7 Å². The second-order valence-corrected chi connectivity index (χ2v) is 7.91. The summed E-state index contributed by atoms with van der Waals surface area (Å²) < 4.78 is 14.1. The molecular weight excluding hydrogens is 304 g/mol. The van der Waals surface area contributed by atoms with Crippen molar-refractivity contribution < 1.29 is 9.47 Å². The molecule has 1 saturated carbocycles. The monoisotopic (exact) mass is 334 g/mol. The van der Waals surface area contributed by atoms with E-state index in [9.17, 15) is 0 Å². The molecule has 3 aliphatic rings. The normalized spacial score (nSPS) is 31.4. The van der Waals surface area contributed by atoms with Gasteiger partial charge in [-0.25, -0.2) is 0 Å². The van der Waals surface area contributed by atoms with Crippen LogP contribution in [-0.4, -0.2) is 53.3 Å². The van der Waals surface area contributed by atoms with Gasteiger partial charge in [0.1, 0.15) is 5.82 Å². The van der Waals surface area contributed by atoms with Gasteiger partial charge in [0.2, 0.25) is 5.95 Å². The van der Waals surface area contributed by atoms with E-state index in [1.807, 2.05) is 7.11 Å². The Hall–Kier alpha value is -1.14. The summed E-state index contributed by atoms with van der Waals surface area (Å²) in [7, 11) is 1.82. The zero-order valence-electron chi connectivity index (χ0n) is 15.0. The van der Waals surface area contributed by atoms with Crippen LogP contribution in [0.5, 0.6) is 0 Å². The average molecular weight is 334 g/mol. The fourth-order valence-electron chi connectivity index (χ4n) is 4.06. The van der Waals surface area contributed by atoms with Gasteiger partial charge in [0.05, 0.1) is 18.2 Å². The van der Waals surface area contributed by atoms with Gasteiger partial charge in [-0.15, -0.1) is 10.2 Å². The van der Waals surface area contributed by atoms with E-state index in [2.05, 4.69) is 26.6 Å². The van der Waals surface area contributed by atoms with Crippen LogP contribution in [0.15, 0.2) is 0 Å². The number of hydrogen-bond donors (Lipinski definition) is 0. The number of methoxy groups -OCH3 is 1. The van der Waals surface area contributed by atoms with Gasteiger partial charge in [0.15, 0.2) is 0 Å². The quantitative estimate of drug-likeness (QED) is 0.829. The molecule has 1 aromatic rings. The van der Waals surface area contributed by atoms with Crippen LogP contribution in [-0.2, 0) is 16.0 Å². The van der Waals surface area contributed by atoms with E-state index in [-0.39, 0.29) is 5.60 Å². The Kier molecular flexibility index (Phi) is 4.52. The Morgan fingerprint density at radius 1 is 1.21 bits per heavy atom. The van der Waals surface area contributed by atoms with Crippen LogP contribution in [0, 0.1) is 0 Å². The molecule has 6 nitrogen and oxygen atoms in total. The van der Waals surface area contributed by atoms with Crippen molar-refractivity contribution >= 4 is 5.95 Å². The Labute approximate surface area is 144 Å². The van der Waals surface area contributed by atoms with Gasteiger partial charge in [-0.2, -0.15) is 0 Å². The summed E-state index contributed by atoms with van der Waals surface area (Å²) in [6.07, 6.45) is 8.66. The van der Waals surface area contributed by atoms with E-state index >= 15 is 0 Å². The van der Waals surface area contributed by atoms with Crippen molar-refractivity contribution in [3.63, 3.8) is 0 Å². The highest BCUT2D eigenvalue weighted by molar-refractivity contribution is 5.34. The minimum Gasteiger partial charge on any atom is -0.377 e. The van der Waals surface area contributed by atoms with Crippen molar-refractivity contribution in [2.24, 2.45) is 0 Å². The third kappa shape index (κ3) is 3.31. The number of nitrogens with zero attached hydrogens (tertiary/aromatic N) is 4. The molecule has 1 aliphatic carbocycles. The molecule has 24 heavy (non-hydrogen) atoms. The van der Waals surface area contributed by atoms with Crippen molar-refractivity contribution in [2.45, 2.75) is 76.0 Å². The van der Waals surface area contributed by atoms with Crippen LogP contribution >= 0.6 is 0 Å². The molecule has 3 fully saturated rings. The zero-order chi connectivity index (χ0) is 16.6. The molecule has 6 heteroatoms. The molecule has 0 spiro atoms. The molecule has 134 valence electrons. The minimum absolute atomic E-state index is 0.0872. The van der Waals surface area contributed by atoms with Gasteiger partial charge < -0.3 is 14.4 Å². The number of hydrogen-bond acceptors (Lipinski definition) is 5. The molecular formula is C18H30N4O2. The van der Waals surface area contributed by atoms with Gasteiger partial charge in [0.25, 0.3) is 0 Å². The van der Waals surface area contributed by atoms with Gasteiger partial charge in [-0.05, 0) is 51.9 Å². The van der Waals surface area contributed by atoms with E-state index in [0.29, 0.717) is 12.0 Å². The largest absolute Gasteiger partial charge is 0.377 e. The molecule has 0 amide bonds. The van der Waals surface area contributed by atoms with Crippen LogP contribution in [0.2, 0.25) is 0 Å². The van der Waals surface area contributed by atoms with E-state index in [4.69, 9.17) is 9.47 Å². The van der Waals surface area contributed by atoms with E-state index in [1.165, 1.54) is 31.5 Å². The molecule has 2 aliphatic heterocycles. The highest BCUT2D eigenvalue weighted by Gasteiger charge is 2.36. The first-order chi connectivity index (χ1) is 11.7. The molecule has 0 radical (unpaired) electrons. The number of aromatic nitrogens is 3. The highest BCUT2D eigenvalue weighted by Crippen LogP contribution is 2.41. The van der Waals surface area contributed by atoms with Crippen LogP contribution in [0.4, 0.5) is 5.95 Å². The van der Waals surface area contributed by atoms with Gasteiger partial charge >= 0.3 is 0 Å². The van der Waals surface area contributed by atoms with Crippen molar-refractivity contribution in [1.82, 2.24) is 14.8 Å². The van der Waals surface area contributed by atoms with Crippen molar-refractivity contribution in [2.75, 3.05) is 31.7 Å². The Balaban J connectivity index is 1.57. The lowest BCUT2D eigenvalue weighted by Crippen LogP contribution is -2.48. The average Bonchev–Trinajstić information content (AvgIpc) is 3.37. The maximum atomic E-state index is 5.99. The number of anilines is 1.